The zero-order valence-corrected chi connectivity index (χ0v) is 19.1. The molecule has 0 fully saturated rings. The molecule has 1 N–H and O–H groups in total. The van der Waals surface area contributed by atoms with E-state index in [1.54, 1.807) is 12.1 Å². The van der Waals surface area contributed by atoms with Crippen molar-refractivity contribution in [2.45, 2.75) is 57.9 Å². The Kier molecular flexibility index (Phi) is 7.40. The maximum Gasteiger partial charge on any atom is 0.167 e. The number of carbonyl (C=O) groups excluding carboxylic acids is 1. The summed E-state index contributed by atoms with van der Waals surface area (Å²) in [5.41, 5.74) is 5.16. The molecule has 0 saturated heterocycles. The lowest BCUT2D eigenvalue weighted by Gasteiger charge is -2.26. The molecule has 31 heavy (non-hydrogen) atoms. The van der Waals surface area contributed by atoms with E-state index in [-0.39, 0.29) is 17.5 Å². The average molecular weight is 437 g/mol. The topological polar surface area (TPSA) is 91.0 Å². The number of allylic oxidation sites excluding steroid dienone is 2. The van der Waals surface area contributed by atoms with Crippen LogP contribution in [0.4, 0.5) is 0 Å². The van der Waals surface area contributed by atoms with E-state index in [0.29, 0.717) is 41.2 Å². The lowest BCUT2D eigenvalue weighted by molar-refractivity contribution is -0.115. The molecule has 1 aliphatic rings. The molecule has 3 rings (SSSR count). The van der Waals surface area contributed by atoms with Gasteiger partial charge in [0.2, 0.25) is 0 Å². The third-order valence-corrected chi connectivity index (χ3v) is 7.11. The monoisotopic (exact) mass is 436 g/mol. The first-order valence-electron chi connectivity index (χ1n) is 10.7. The average Bonchev–Trinajstić information content (AvgIpc) is 2.77. The molecule has 5 nitrogen and oxygen atoms in total. The number of carbonyl (C=O) groups is 1. The molecule has 0 bridgehead atoms. The summed E-state index contributed by atoms with van der Waals surface area (Å²) in [6.45, 7) is 6.19. The molecule has 0 spiro atoms. The number of rotatable bonds is 7. The van der Waals surface area contributed by atoms with Crippen LogP contribution in [0.15, 0.2) is 41.2 Å². The Morgan fingerprint density at radius 3 is 2.39 bits per heavy atom. The molecule has 6 heteroatoms. The summed E-state index contributed by atoms with van der Waals surface area (Å²) in [5, 5.41) is 20.1. The Bertz CT molecular complexity index is 1060. The van der Waals surface area contributed by atoms with Crippen molar-refractivity contribution < 1.29 is 14.1 Å². The Labute approximate surface area is 186 Å². The number of aliphatic hydroxyl groups excluding tert-OH is 1. The molecule has 1 aliphatic carbocycles. The largest absolute Gasteiger partial charge is 0.512 e. The fourth-order valence-electron chi connectivity index (χ4n) is 4.24. The quantitative estimate of drug-likeness (QED) is 0.671. The Morgan fingerprint density at radius 1 is 1.19 bits per heavy atom. The van der Waals surface area contributed by atoms with Crippen LogP contribution in [0.5, 0.6) is 0 Å². The van der Waals surface area contributed by atoms with Gasteiger partial charge in [-0.15, -0.1) is 0 Å². The van der Waals surface area contributed by atoms with Crippen molar-refractivity contribution in [3.63, 3.8) is 0 Å². The molecule has 0 radical (unpaired) electrons. The van der Waals surface area contributed by atoms with E-state index < -0.39 is 10.8 Å². The van der Waals surface area contributed by atoms with Gasteiger partial charge in [0.25, 0.3) is 0 Å². The number of Topliss-reactive ketones (excluding diaryl/α,β-unsaturated/α-hetero) is 1. The number of hydrogen-bond acceptors (Lipinski definition) is 5. The van der Waals surface area contributed by atoms with Gasteiger partial charge < -0.3 is 5.11 Å². The van der Waals surface area contributed by atoms with Gasteiger partial charge in [-0.05, 0) is 60.9 Å². The number of benzene rings is 1. The fraction of sp³-hybridized carbons (Fsp3) is 0.400. The minimum atomic E-state index is -1.30. The molecule has 0 amide bonds. The van der Waals surface area contributed by atoms with Gasteiger partial charge in [0.1, 0.15) is 16.9 Å². The Hall–Kier alpha value is -2.78. The molecular weight excluding hydrogens is 408 g/mol. The number of ketones is 1. The van der Waals surface area contributed by atoms with Crippen LogP contribution in [0.2, 0.25) is 0 Å². The predicted octanol–water partition coefficient (Wildman–Crippen LogP) is 4.83. The molecule has 0 saturated carbocycles. The van der Waals surface area contributed by atoms with Crippen molar-refractivity contribution >= 4 is 22.2 Å². The number of pyridine rings is 1. The zero-order valence-electron chi connectivity index (χ0n) is 18.3. The molecule has 1 aromatic heterocycles. The van der Waals surface area contributed by atoms with Crippen LogP contribution in [-0.4, -0.2) is 25.8 Å². The van der Waals surface area contributed by atoms with Gasteiger partial charge in [-0.25, -0.2) is 4.98 Å². The van der Waals surface area contributed by atoms with Gasteiger partial charge in [-0.1, -0.05) is 31.5 Å². The summed E-state index contributed by atoms with van der Waals surface area (Å²) in [5.74, 6) is 0.435. The van der Waals surface area contributed by atoms with E-state index in [4.69, 9.17) is 5.26 Å². The van der Waals surface area contributed by atoms with E-state index in [0.717, 1.165) is 35.1 Å². The van der Waals surface area contributed by atoms with Crippen LogP contribution in [0.3, 0.4) is 0 Å². The van der Waals surface area contributed by atoms with Crippen molar-refractivity contribution in [3.8, 4) is 6.07 Å². The van der Waals surface area contributed by atoms with Crippen LogP contribution in [-0.2, 0) is 28.4 Å². The van der Waals surface area contributed by atoms with Crippen LogP contribution in [0.1, 0.15) is 60.9 Å². The van der Waals surface area contributed by atoms with E-state index in [1.165, 1.54) is 6.20 Å². The minimum absolute atomic E-state index is 0.0377. The summed E-state index contributed by atoms with van der Waals surface area (Å²) < 4.78 is 12.5. The fourth-order valence-corrected chi connectivity index (χ4v) is 5.39. The van der Waals surface area contributed by atoms with Gasteiger partial charge >= 0.3 is 0 Å². The second kappa shape index (κ2) is 10.0. The number of aliphatic hydroxyl groups is 1. The van der Waals surface area contributed by atoms with Crippen molar-refractivity contribution in [2.24, 2.45) is 5.92 Å². The highest BCUT2D eigenvalue weighted by Crippen LogP contribution is 2.37. The highest BCUT2D eigenvalue weighted by molar-refractivity contribution is 7.84. The molecule has 2 unspecified atom stereocenters. The van der Waals surface area contributed by atoms with Crippen LogP contribution in [0.25, 0.3) is 5.57 Å². The lowest BCUT2D eigenvalue weighted by atomic mass is 9.79. The second-order valence-electron chi connectivity index (χ2n) is 8.02. The normalized spacial score (nSPS) is 17.5. The molecule has 1 heterocycles. The third kappa shape index (κ3) is 5.11. The maximum absolute atomic E-state index is 13.1. The van der Waals surface area contributed by atoms with Crippen LogP contribution in [0, 0.1) is 24.2 Å². The van der Waals surface area contributed by atoms with Crippen molar-refractivity contribution in [3.05, 3.63) is 64.0 Å². The summed E-state index contributed by atoms with van der Waals surface area (Å²) in [6.07, 6.45) is 4.34. The smallest absolute Gasteiger partial charge is 0.167 e. The van der Waals surface area contributed by atoms with Gasteiger partial charge in [0.05, 0.1) is 21.9 Å². The van der Waals surface area contributed by atoms with Gasteiger partial charge in [0.15, 0.2) is 5.78 Å². The van der Waals surface area contributed by atoms with E-state index in [1.807, 2.05) is 6.07 Å². The Morgan fingerprint density at radius 2 is 1.87 bits per heavy atom. The maximum atomic E-state index is 13.1. The minimum Gasteiger partial charge on any atom is -0.512 e. The first-order chi connectivity index (χ1) is 14.9. The molecule has 0 aliphatic heterocycles. The number of aromatic nitrogens is 1. The van der Waals surface area contributed by atoms with E-state index in [2.05, 4.69) is 37.9 Å². The second-order valence-corrected chi connectivity index (χ2v) is 9.54. The molecule has 2 aromatic rings. The zero-order chi connectivity index (χ0) is 22.5. The number of hydrogen-bond donors (Lipinski definition) is 1. The van der Waals surface area contributed by atoms with Crippen molar-refractivity contribution in [1.82, 2.24) is 4.98 Å². The van der Waals surface area contributed by atoms with Crippen molar-refractivity contribution in [1.29, 1.82) is 5.26 Å². The Balaban J connectivity index is 1.77. The first kappa shape index (κ1) is 22.9. The molecule has 1 aromatic carbocycles. The summed E-state index contributed by atoms with van der Waals surface area (Å²) in [6, 6.07) is 9.39. The first-order valence-corrected chi connectivity index (χ1v) is 12.0. The van der Waals surface area contributed by atoms with Gasteiger partial charge in [-0.2, -0.15) is 5.26 Å². The standard InChI is InChI=1S/C25H28N2O3S/c1-4-19-10-16(3)11-20(5-2)24(19)25-21(28)12-17(13-22(25)29)8-9-31(30)23-7-6-18(14-26)15-27-23/h6-7,10-11,15,17,28H,4-5,8-9,12-13H2,1-3H3. The van der Waals surface area contributed by atoms with Crippen LogP contribution >= 0.6 is 0 Å². The third-order valence-electron chi connectivity index (χ3n) is 5.79. The highest BCUT2D eigenvalue weighted by Gasteiger charge is 2.31. The number of nitrogens with zero attached hydrogens (tertiary/aromatic N) is 2. The summed E-state index contributed by atoms with van der Waals surface area (Å²) >= 11 is 0. The number of nitriles is 1. The SMILES string of the molecule is CCc1cc(C)cc(CC)c1C1=C(O)CC(CCS(=O)c2ccc(C#N)cn2)CC1=O. The lowest BCUT2D eigenvalue weighted by Crippen LogP contribution is -2.22. The number of aryl methyl sites for hydroxylation is 3. The van der Waals surface area contributed by atoms with Crippen LogP contribution < -0.4 is 0 Å². The van der Waals surface area contributed by atoms with Gasteiger partial charge in [0, 0.05) is 24.8 Å². The molecule has 162 valence electrons. The van der Waals surface area contributed by atoms with Gasteiger partial charge in [-0.3, -0.25) is 9.00 Å². The predicted molar refractivity (Wildman–Crippen MR) is 122 cm³/mol. The molecular formula is C25H28N2O3S. The highest BCUT2D eigenvalue weighted by atomic mass is 32.2. The molecule has 2 atom stereocenters. The van der Waals surface area contributed by atoms with Crippen molar-refractivity contribution in [2.75, 3.05) is 5.75 Å². The van der Waals surface area contributed by atoms with E-state index >= 15 is 0 Å². The summed E-state index contributed by atoms with van der Waals surface area (Å²) in [7, 11) is -1.30. The van der Waals surface area contributed by atoms with E-state index in [9.17, 15) is 14.1 Å². The summed E-state index contributed by atoms with van der Waals surface area (Å²) in [4.78, 5) is 17.2.